The van der Waals surface area contributed by atoms with Crippen LogP contribution in [0.1, 0.15) is 143 Å². The van der Waals surface area contributed by atoms with Gasteiger partial charge in [0.25, 0.3) is 11.8 Å². The Morgan fingerprint density at radius 2 is 0.974 bits per heavy atom. The molecule has 8 atom stereocenters. The number of pyridine rings is 2. The van der Waals surface area contributed by atoms with E-state index >= 15 is 0 Å². The van der Waals surface area contributed by atoms with Gasteiger partial charge in [0.15, 0.2) is 0 Å². The first kappa shape index (κ1) is 59.1. The van der Waals surface area contributed by atoms with Crippen molar-refractivity contribution in [2.45, 2.75) is 157 Å². The van der Waals surface area contributed by atoms with Crippen molar-refractivity contribution in [1.82, 2.24) is 57.4 Å². The fourth-order valence-corrected chi connectivity index (χ4v) is 9.90. The molecule has 2 saturated heterocycles. The van der Waals surface area contributed by atoms with Gasteiger partial charge in [-0.3, -0.25) is 43.8 Å². The van der Waals surface area contributed by atoms with Gasteiger partial charge in [-0.15, -0.1) is 0 Å². The third-order valence-electron chi connectivity index (χ3n) is 14.9. The highest BCUT2D eigenvalue weighted by molar-refractivity contribution is 5.91. The summed E-state index contributed by atoms with van der Waals surface area (Å²) in [6.07, 6.45) is 10.3. The number of hydrogen-bond acceptors (Lipinski definition) is 13. The summed E-state index contributed by atoms with van der Waals surface area (Å²) in [5.74, 6) is -1.59. The third kappa shape index (κ3) is 15.4. The maximum Gasteiger partial charge on any atom is 0.325 e. The lowest BCUT2D eigenvalue weighted by Gasteiger charge is -2.35. The monoisotopic (exact) mass is 1070 g/mol. The molecule has 420 valence electrons. The average molecular weight is 1070 g/mol. The van der Waals surface area contributed by atoms with E-state index in [1.54, 1.807) is 20.8 Å². The van der Waals surface area contributed by atoms with Crippen LogP contribution in [-0.2, 0) is 33.5 Å². The first-order valence-electron chi connectivity index (χ1n) is 27.8. The van der Waals surface area contributed by atoms with Gasteiger partial charge in [0, 0.05) is 37.0 Å². The molecule has 0 saturated carbocycles. The Labute approximate surface area is 460 Å². The molecule has 2 fully saturated rings. The van der Waals surface area contributed by atoms with E-state index in [1.807, 2.05) is 89.2 Å². The highest BCUT2D eigenvalue weighted by atomic mass is 16.5. The topological polar surface area (TPSA) is 228 Å². The minimum atomic E-state index is -0.758. The Morgan fingerprint density at radius 3 is 1.46 bits per heavy atom. The van der Waals surface area contributed by atoms with Crippen LogP contribution in [0.15, 0.2) is 72.8 Å². The molecule has 18 nitrogen and oxygen atoms in total. The van der Waals surface area contributed by atoms with Gasteiger partial charge in [-0.2, -0.15) is 0 Å². The number of hydrogen-bond donors (Lipinski definition) is 7. The molecule has 0 unspecified atom stereocenters. The number of fused-ring (bicyclic) bond motifs is 8. The number of nitrogens with zero attached hydrogens (tertiary/aromatic N) is 4. The van der Waals surface area contributed by atoms with Crippen LogP contribution in [0, 0.1) is 22.7 Å². The second-order valence-electron chi connectivity index (χ2n) is 23.6. The van der Waals surface area contributed by atoms with Crippen molar-refractivity contribution in [3.8, 4) is 0 Å². The molecule has 4 aliphatic heterocycles. The molecule has 7 N–H and O–H groups in total. The number of esters is 1. The van der Waals surface area contributed by atoms with Gasteiger partial charge < -0.3 is 31.3 Å². The van der Waals surface area contributed by atoms with Gasteiger partial charge in [-0.25, -0.2) is 15.8 Å². The standard InChI is InChI=1S/C30H42N6O3.C30H41N5O4/c1-18(2)26-28(38)33-20(4)29(39)36-15-7-8-24(35-36)27(37)32-19(3)23-12-11-22-10-9-21(16-25(22)34-23)13-14-30(5,6)17-31-26;1-18(2)26-27(36)32-19(3)28(37)35-15-7-8-24(34-35)29(38)39-20(4)23-12-11-22-10-9-21(16-25(22)33-23)13-14-30(5,6)17-31-26/h9-14,16,18-20,24,26,31,35H,7-8,15,17H2,1-6H3,(H,32,37)(H,33,38);9-14,16,18-20,24,26,31,34H,7-8,15,17H2,1-6H3,(H,32,36)/b2*14-13+/t19-,20+,24+,26+;19-,20+,24-,26-/m10/s1. The number of ether oxygens (including phenoxy) is 1. The van der Waals surface area contributed by atoms with Crippen molar-refractivity contribution in [2.24, 2.45) is 22.7 Å². The van der Waals surface area contributed by atoms with Gasteiger partial charge in [0.2, 0.25) is 17.7 Å². The Kier molecular flexibility index (Phi) is 19.3. The Balaban J connectivity index is 0.000000226. The Bertz CT molecular complexity index is 2710. The van der Waals surface area contributed by atoms with E-state index in [4.69, 9.17) is 14.7 Å². The molecule has 10 bridgehead atoms. The third-order valence-corrected chi connectivity index (χ3v) is 14.9. The number of benzene rings is 2. The molecule has 0 aliphatic carbocycles. The van der Waals surface area contributed by atoms with Crippen LogP contribution in [0.4, 0.5) is 0 Å². The number of cyclic esters (lactones) is 1. The van der Waals surface area contributed by atoms with Crippen molar-refractivity contribution in [1.29, 1.82) is 0 Å². The van der Waals surface area contributed by atoms with Crippen LogP contribution in [0.5, 0.6) is 0 Å². The normalized spacial score (nSPS) is 27.8. The second kappa shape index (κ2) is 25.5. The van der Waals surface area contributed by atoms with Crippen molar-refractivity contribution < 1.29 is 33.5 Å². The van der Waals surface area contributed by atoms with Gasteiger partial charge >= 0.3 is 5.97 Å². The molecule has 5 amide bonds. The summed E-state index contributed by atoms with van der Waals surface area (Å²) in [6, 6.07) is 16.1. The lowest BCUT2D eigenvalue weighted by molar-refractivity contribution is -0.157. The smallest absolute Gasteiger partial charge is 0.325 e. The zero-order chi connectivity index (χ0) is 56.6. The van der Waals surface area contributed by atoms with Gasteiger partial charge in [-0.1, -0.05) is 116 Å². The fraction of sp³-hybridized carbons (Fsp3) is 0.533. The van der Waals surface area contributed by atoms with Crippen molar-refractivity contribution in [2.75, 3.05) is 26.2 Å². The molecule has 0 radical (unpaired) electrons. The number of carbonyl (C=O) groups is 6. The Morgan fingerprint density at radius 1 is 0.551 bits per heavy atom. The van der Waals surface area contributed by atoms with Crippen LogP contribution >= 0.6 is 0 Å². The van der Waals surface area contributed by atoms with Crippen LogP contribution in [0.3, 0.4) is 0 Å². The number of aromatic nitrogens is 2. The summed E-state index contributed by atoms with van der Waals surface area (Å²) >= 11 is 0. The molecule has 4 aromatic rings. The first-order chi connectivity index (χ1) is 36.9. The minimum absolute atomic E-state index is 0.0173. The van der Waals surface area contributed by atoms with Crippen LogP contribution in [0.2, 0.25) is 0 Å². The summed E-state index contributed by atoms with van der Waals surface area (Å²) in [5, 5.41) is 20.6. The highest BCUT2D eigenvalue weighted by Crippen LogP contribution is 2.26. The Hall–Kier alpha value is -6.60. The molecule has 8 rings (SSSR count). The van der Waals surface area contributed by atoms with E-state index < -0.39 is 48.3 Å². The van der Waals surface area contributed by atoms with Crippen molar-refractivity contribution in [3.63, 3.8) is 0 Å². The molecule has 18 heteroatoms. The lowest BCUT2D eigenvalue weighted by Crippen LogP contribution is -2.61. The van der Waals surface area contributed by atoms with Crippen molar-refractivity contribution in [3.05, 3.63) is 95.3 Å². The van der Waals surface area contributed by atoms with Crippen LogP contribution < -0.4 is 37.4 Å². The summed E-state index contributed by atoms with van der Waals surface area (Å²) in [4.78, 5) is 88.7. The van der Waals surface area contributed by atoms with Crippen LogP contribution in [-0.4, -0.2) is 118 Å². The first-order valence-corrected chi connectivity index (χ1v) is 27.8. The number of carbonyl (C=O) groups excluding carboxylic acids is 6. The summed E-state index contributed by atoms with van der Waals surface area (Å²) in [6.45, 7) is 25.5. The SMILES string of the molecule is CC(C)[C@@H]1NCC(C)(C)/C=C/c2ccc3ccc(nc3c2)[C@@H](C)NC(=O)[C@@H]2CCCN(N2)C(=O)[C@H](C)NC1=O.CC(C)[C@@H]1NCC(C)(C)/C=C/c2ccc3ccc(nc3c2)[C@@H](C)OC(=O)[C@@H]2CCCN(N2)C(=O)[C@H](C)NC1=O. The molecule has 78 heavy (non-hydrogen) atoms. The van der Waals surface area contributed by atoms with E-state index in [-0.39, 0.29) is 58.2 Å². The van der Waals surface area contributed by atoms with Gasteiger partial charge in [0.1, 0.15) is 30.3 Å². The van der Waals surface area contributed by atoms with Gasteiger partial charge in [0.05, 0.1) is 40.5 Å². The maximum absolute atomic E-state index is 13.2. The van der Waals surface area contributed by atoms with Crippen LogP contribution in [0.25, 0.3) is 34.0 Å². The summed E-state index contributed by atoms with van der Waals surface area (Å²) in [7, 11) is 0. The second-order valence-corrected chi connectivity index (χ2v) is 23.6. The van der Waals surface area contributed by atoms with E-state index in [0.717, 1.165) is 38.6 Å². The van der Waals surface area contributed by atoms with E-state index in [1.165, 1.54) is 10.0 Å². The fourth-order valence-electron chi connectivity index (χ4n) is 9.90. The summed E-state index contributed by atoms with van der Waals surface area (Å²) < 4.78 is 5.77. The molecular weight excluding hydrogens is 987 g/mol. The van der Waals surface area contributed by atoms with Gasteiger partial charge in [-0.05, 0) is 111 Å². The summed E-state index contributed by atoms with van der Waals surface area (Å²) in [5.41, 5.74) is 10.8. The number of rotatable bonds is 2. The number of amides is 5. The quantitative estimate of drug-likeness (QED) is 0.105. The highest BCUT2D eigenvalue weighted by Gasteiger charge is 2.36. The molecule has 2 aromatic heterocycles. The molecule has 6 heterocycles. The predicted molar refractivity (Wildman–Crippen MR) is 304 cm³/mol. The molecular formula is C60H83N11O7. The number of hydrazine groups is 2. The molecule has 2 aromatic carbocycles. The maximum atomic E-state index is 13.2. The van der Waals surface area contributed by atoms with Crippen molar-refractivity contribution >= 4 is 69.5 Å². The largest absolute Gasteiger partial charge is 0.455 e. The minimum Gasteiger partial charge on any atom is -0.455 e. The zero-order valence-corrected chi connectivity index (χ0v) is 47.7. The molecule has 0 spiro atoms. The average Bonchev–Trinajstić information content (AvgIpc) is 3.44. The number of nitrogens with one attached hydrogen (secondary N) is 7. The van der Waals surface area contributed by atoms with E-state index in [0.29, 0.717) is 57.6 Å². The predicted octanol–water partition coefficient (Wildman–Crippen LogP) is 6.59. The molecule has 4 aliphatic rings. The van der Waals surface area contributed by atoms with E-state index in [2.05, 4.69) is 95.5 Å². The van der Waals surface area contributed by atoms with E-state index in [9.17, 15) is 28.8 Å². The lowest BCUT2D eigenvalue weighted by atomic mass is 9.90. The zero-order valence-electron chi connectivity index (χ0n) is 47.7.